The first-order valence-electron chi connectivity index (χ1n) is 20.0. The molecule has 0 radical (unpaired) electrons. The van der Waals surface area contributed by atoms with Gasteiger partial charge in [0, 0.05) is 65.6 Å². The molecule has 5 atom stereocenters. The van der Waals surface area contributed by atoms with Crippen molar-refractivity contribution < 1.29 is 60.9 Å². The van der Waals surface area contributed by atoms with E-state index in [1.807, 2.05) is 31.1 Å². The van der Waals surface area contributed by atoms with Crippen molar-refractivity contribution in [2.75, 3.05) is 43.2 Å². The first-order valence-corrected chi connectivity index (χ1v) is 21.6. The number of sulfone groups is 1. The number of esters is 5. The summed E-state index contributed by atoms with van der Waals surface area (Å²) in [5, 5.41) is 9.16. The molecule has 332 valence electrons. The van der Waals surface area contributed by atoms with Crippen LogP contribution in [-0.2, 0) is 57.5 Å². The van der Waals surface area contributed by atoms with Crippen molar-refractivity contribution in [2.24, 2.45) is 0 Å². The summed E-state index contributed by atoms with van der Waals surface area (Å²) in [5.41, 5.74) is 1.71. The molecular formula is C42H60N4O13S. The lowest BCUT2D eigenvalue weighted by Crippen LogP contribution is -2.55. The van der Waals surface area contributed by atoms with E-state index in [0.29, 0.717) is 29.7 Å². The third kappa shape index (κ3) is 14.5. The number of benzene rings is 2. The Morgan fingerprint density at radius 1 is 0.783 bits per heavy atom. The van der Waals surface area contributed by atoms with Crippen LogP contribution in [-0.4, -0.2) is 107 Å². The van der Waals surface area contributed by atoms with Crippen LogP contribution >= 0.6 is 0 Å². The maximum atomic E-state index is 14.2. The number of ether oxygens (including phenoxy) is 5. The van der Waals surface area contributed by atoms with Gasteiger partial charge in [0.25, 0.3) is 0 Å². The molecule has 0 bridgehead atoms. The second-order valence-electron chi connectivity index (χ2n) is 15.1. The van der Waals surface area contributed by atoms with Gasteiger partial charge in [-0.05, 0) is 54.3 Å². The third-order valence-electron chi connectivity index (χ3n) is 9.78. The van der Waals surface area contributed by atoms with Crippen molar-refractivity contribution in [1.29, 1.82) is 0 Å². The van der Waals surface area contributed by atoms with Gasteiger partial charge in [0.1, 0.15) is 6.61 Å². The Labute approximate surface area is 352 Å². The second-order valence-corrected chi connectivity index (χ2v) is 17.1. The Morgan fingerprint density at radius 2 is 1.35 bits per heavy atom. The van der Waals surface area contributed by atoms with Gasteiger partial charge >= 0.3 is 35.9 Å². The van der Waals surface area contributed by atoms with Crippen molar-refractivity contribution in [2.45, 2.75) is 128 Å². The van der Waals surface area contributed by atoms with Gasteiger partial charge in [-0.3, -0.25) is 29.3 Å². The number of nitrogens with one attached hydrogen (secondary N) is 3. The molecule has 0 fully saturated rings. The van der Waals surface area contributed by atoms with E-state index < -0.39 is 94.9 Å². The molecule has 1 heterocycles. The number of carbonyl (C=O) groups excluding carboxylic acids is 6. The van der Waals surface area contributed by atoms with Crippen LogP contribution < -0.4 is 20.9 Å². The van der Waals surface area contributed by atoms with Gasteiger partial charge in [0.15, 0.2) is 34.3 Å². The molecule has 2 aromatic carbocycles. The van der Waals surface area contributed by atoms with E-state index in [1.54, 1.807) is 30.3 Å². The van der Waals surface area contributed by atoms with E-state index in [9.17, 15) is 37.2 Å². The van der Waals surface area contributed by atoms with Crippen molar-refractivity contribution >= 4 is 57.1 Å². The van der Waals surface area contributed by atoms with Gasteiger partial charge in [-0.2, -0.15) is 0 Å². The fourth-order valence-electron chi connectivity index (χ4n) is 7.20. The number of amides is 2. The van der Waals surface area contributed by atoms with E-state index in [2.05, 4.69) is 29.8 Å². The highest BCUT2D eigenvalue weighted by Crippen LogP contribution is 2.40. The number of rotatable bonds is 20. The predicted octanol–water partition coefficient (Wildman–Crippen LogP) is 4.75. The Bertz CT molecular complexity index is 1950. The van der Waals surface area contributed by atoms with Crippen LogP contribution in [0.25, 0.3) is 0 Å². The van der Waals surface area contributed by atoms with E-state index in [-0.39, 0.29) is 10.6 Å². The third-order valence-corrected chi connectivity index (χ3v) is 11.8. The Morgan fingerprint density at radius 3 is 1.88 bits per heavy atom. The molecular weight excluding hydrogens is 801 g/mol. The topological polar surface area (TPSA) is 222 Å². The summed E-state index contributed by atoms with van der Waals surface area (Å²) in [7, 11) is 0.0248. The fraction of sp³-hybridized carbons (Fsp3) is 0.571. The van der Waals surface area contributed by atoms with Gasteiger partial charge in [-0.25, -0.2) is 13.2 Å². The summed E-state index contributed by atoms with van der Waals surface area (Å²) < 4.78 is 55.1. The van der Waals surface area contributed by atoms with Crippen LogP contribution in [0.5, 0.6) is 0 Å². The highest BCUT2D eigenvalue weighted by Gasteiger charge is 2.45. The van der Waals surface area contributed by atoms with Crippen LogP contribution in [0.3, 0.4) is 0 Å². The first-order chi connectivity index (χ1) is 28.2. The summed E-state index contributed by atoms with van der Waals surface area (Å²) in [6.07, 6.45) is -1.68. The lowest BCUT2D eigenvalue weighted by atomic mass is 9.86. The van der Waals surface area contributed by atoms with Gasteiger partial charge in [0.2, 0.25) is 0 Å². The van der Waals surface area contributed by atoms with Crippen LogP contribution in [0, 0.1) is 0 Å². The van der Waals surface area contributed by atoms with Gasteiger partial charge in [0.05, 0.1) is 23.2 Å². The van der Waals surface area contributed by atoms with Gasteiger partial charge < -0.3 is 39.2 Å². The molecule has 60 heavy (non-hydrogen) atoms. The molecule has 0 spiro atoms. The molecule has 3 N–H and O–H groups in total. The first kappa shape index (κ1) is 49.1. The summed E-state index contributed by atoms with van der Waals surface area (Å²) >= 11 is 0. The zero-order valence-corrected chi connectivity index (χ0v) is 36.8. The SMILES string of the molecule is CCCCC1(CCCC)CS(=O)(=O)c2ccc(N(C)C)cc2[C@@H](c2cccc(NC(=O)NC[C@H](OC(C)=O)[C@@H](OC(C)=O)[C@H](OC(C)=O)[C@H](COC(C)=O)OC(C)=O)c2)N1. The van der Waals surface area contributed by atoms with Crippen LogP contribution in [0.4, 0.5) is 16.2 Å². The maximum Gasteiger partial charge on any atom is 0.319 e. The average molecular weight is 861 g/mol. The average Bonchev–Trinajstić information content (AvgIpc) is 3.25. The van der Waals surface area contributed by atoms with Crippen LogP contribution in [0.15, 0.2) is 47.4 Å². The number of fused-ring (bicyclic) bond motifs is 1. The van der Waals surface area contributed by atoms with Crippen LogP contribution in [0.2, 0.25) is 0 Å². The summed E-state index contributed by atoms with van der Waals surface area (Å²) in [6, 6.07) is 11.0. The van der Waals surface area contributed by atoms with E-state index in [1.165, 1.54) is 0 Å². The van der Waals surface area contributed by atoms with Gasteiger partial charge in [-0.15, -0.1) is 0 Å². The van der Waals surface area contributed by atoms with E-state index >= 15 is 0 Å². The highest BCUT2D eigenvalue weighted by atomic mass is 32.2. The van der Waals surface area contributed by atoms with E-state index in [4.69, 9.17) is 23.7 Å². The fourth-order valence-corrected chi connectivity index (χ4v) is 9.27. The quantitative estimate of drug-likeness (QED) is 0.121. The molecule has 2 amide bonds. The number of unbranched alkanes of at least 4 members (excludes halogenated alkanes) is 2. The highest BCUT2D eigenvalue weighted by molar-refractivity contribution is 7.91. The van der Waals surface area contributed by atoms with Gasteiger partial charge in [-0.1, -0.05) is 51.7 Å². The largest absolute Gasteiger partial charge is 0.462 e. The minimum absolute atomic E-state index is 0.0628. The predicted molar refractivity (Wildman–Crippen MR) is 222 cm³/mol. The lowest BCUT2D eigenvalue weighted by Gasteiger charge is -2.37. The number of hydrogen-bond acceptors (Lipinski definition) is 15. The number of hydrogen-bond donors (Lipinski definition) is 3. The molecule has 0 saturated carbocycles. The molecule has 3 rings (SSSR count). The van der Waals surface area contributed by atoms with Crippen molar-refractivity contribution in [1.82, 2.24) is 10.6 Å². The molecule has 0 aliphatic carbocycles. The zero-order valence-electron chi connectivity index (χ0n) is 36.0. The van der Waals surface area contributed by atoms with Crippen molar-refractivity contribution in [3.05, 3.63) is 53.6 Å². The zero-order chi connectivity index (χ0) is 44.8. The number of urea groups is 1. The van der Waals surface area contributed by atoms with Crippen LogP contribution in [0.1, 0.15) is 104 Å². The lowest BCUT2D eigenvalue weighted by molar-refractivity contribution is -0.202. The standard InChI is InChI=1S/C42H60N4O13S/c1-10-12-19-42(20-13-11-2)25-60(53,54)37-18-17-33(46(8)9)22-34(37)38(45-42)31-15-14-16-32(21-31)44-41(52)43-23-35(56-27(4)48)39(58-29(6)50)40(59-30(7)51)36(57-28(5)49)24-55-26(3)47/h14-18,21-22,35-36,38-40,45H,10-13,19-20,23-25H2,1-9H3,(H2,43,44,52)/t35-,36-,38+,39+,40+/m0/s1. The minimum Gasteiger partial charge on any atom is -0.462 e. The minimum atomic E-state index is -3.73. The molecule has 0 aromatic heterocycles. The maximum absolute atomic E-state index is 14.2. The Kier molecular flexibility index (Phi) is 18.3. The molecule has 17 nitrogen and oxygen atoms in total. The monoisotopic (exact) mass is 860 g/mol. The summed E-state index contributed by atoms with van der Waals surface area (Å²) in [4.78, 5) is 76.5. The normalized spacial score (nSPS) is 17.2. The molecule has 0 unspecified atom stereocenters. The molecule has 0 saturated heterocycles. The van der Waals surface area contributed by atoms with Crippen molar-refractivity contribution in [3.8, 4) is 0 Å². The second kappa shape index (κ2) is 22.4. The molecule has 18 heteroatoms. The number of anilines is 2. The van der Waals surface area contributed by atoms with E-state index in [0.717, 1.165) is 66.0 Å². The molecule has 2 aromatic rings. The Hall–Kier alpha value is -5.23. The molecule has 1 aliphatic rings. The summed E-state index contributed by atoms with van der Waals surface area (Å²) in [5.74, 6) is -4.35. The Balaban J connectivity index is 2.03. The summed E-state index contributed by atoms with van der Waals surface area (Å²) in [6.45, 7) is 8.31. The number of nitrogens with zero attached hydrogens (tertiary/aromatic N) is 1. The molecule has 1 aliphatic heterocycles. The smallest absolute Gasteiger partial charge is 0.319 e. The van der Waals surface area contributed by atoms with Crippen molar-refractivity contribution in [3.63, 3.8) is 0 Å². The number of carbonyl (C=O) groups is 6.